The van der Waals surface area contributed by atoms with Gasteiger partial charge in [-0.2, -0.15) is 0 Å². The highest BCUT2D eigenvalue weighted by atomic mass is 16.4. The molecule has 11 N–H and O–H groups in total. The van der Waals surface area contributed by atoms with E-state index in [9.17, 15) is 34.2 Å². The lowest BCUT2D eigenvalue weighted by Gasteiger charge is -2.25. The summed E-state index contributed by atoms with van der Waals surface area (Å²) in [7, 11) is 0. The van der Waals surface area contributed by atoms with E-state index in [2.05, 4.69) is 16.0 Å². The zero-order chi connectivity index (χ0) is 28.0. The second kappa shape index (κ2) is 16.2. The lowest BCUT2D eigenvalue weighted by molar-refractivity contribution is -0.142. The normalized spacial score (nSPS) is 14.9. The first-order chi connectivity index (χ1) is 17.5. The van der Waals surface area contributed by atoms with Crippen LogP contribution in [0.1, 0.15) is 44.6 Å². The van der Waals surface area contributed by atoms with E-state index in [4.69, 9.17) is 17.2 Å². The molecular weight excluding hydrogens is 484 g/mol. The molecule has 0 aliphatic heterocycles. The van der Waals surface area contributed by atoms with E-state index in [-0.39, 0.29) is 25.7 Å². The minimum atomic E-state index is -1.31. The maximum absolute atomic E-state index is 13.2. The van der Waals surface area contributed by atoms with Crippen molar-refractivity contribution in [1.29, 1.82) is 0 Å². The average Bonchev–Trinajstić information content (AvgIpc) is 2.85. The number of nitrogens with two attached hydrogens (primary N) is 3. The molecule has 0 aliphatic carbocycles. The molecule has 5 unspecified atom stereocenters. The molecule has 37 heavy (non-hydrogen) atoms. The van der Waals surface area contributed by atoms with Gasteiger partial charge in [-0.05, 0) is 44.7 Å². The van der Waals surface area contributed by atoms with Gasteiger partial charge < -0.3 is 43.4 Å². The first-order valence-electron chi connectivity index (χ1n) is 12.1. The van der Waals surface area contributed by atoms with Crippen molar-refractivity contribution in [3.05, 3.63) is 35.9 Å². The van der Waals surface area contributed by atoms with Crippen LogP contribution >= 0.6 is 0 Å². The Labute approximate surface area is 215 Å². The first-order valence-corrected chi connectivity index (χ1v) is 12.1. The maximum Gasteiger partial charge on any atom is 0.326 e. The van der Waals surface area contributed by atoms with Crippen molar-refractivity contribution >= 4 is 29.6 Å². The molecule has 0 spiro atoms. The molecule has 1 rings (SSSR count). The van der Waals surface area contributed by atoms with Crippen molar-refractivity contribution in [2.75, 3.05) is 6.54 Å². The number of primary amides is 1. The quantitative estimate of drug-likeness (QED) is 0.104. The minimum absolute atomic E-state index is 0.0337. The van der Waals surface area contributed by atoms with Gasteiger partial charge in [0.1, 0.15) is 24.2 Å². The molecule has 0 saturated heterocycles. The summed E-state index contributed by atoms with van der Waals surface area (Å²) in [5, 5.41) is 26.5. The van der Waals surface area contributed by atoms with Crippen LogP contribution in [0.3, 0.4) is 0 Å². The van der Waals surface area contributed by atoms with Crippen LogP contribution in [0.15, 0.2) is 30.3 Å². The molecule has 0 saturated carbocycles. The van der Waals surface area contributed by atoms with Crippen molar-refractivity contribution in [3.63, 3.8) is 0 Å². The molecule has 1 aromatic carbocycles. The molecule has 206 valence electrons. The third-order valence-electron chi connectivity index (χ3n) is 5.61. The van der Waals surface area contributed by atoms with Crippen LogP contribution in [0.4, 0.5) is 0 Å². The van der Waals surface area contributed by atoms with Crippen LogP contribution in [-0.4, -0.2) is 76.6 Å². The van der Waals surface area contributed by atoms with E-state index < -0.39 is 59.9 Å². The van der Waals surface area contributed by atoms with Gasteiger partial charge in [-0.15, -0.1) is 0 Å². The molecule has 0 fully saturated rings. The van der Waals surface area contributed by atoms with Crippen LogP contribution in [0, 0.1) is 0 Å². The third kappa shape index (κ3) is 11.8. The molecule has 1 aromatic rings. The number of carboxylic acid groups (broad SMARTS) is 1. The summed E-state index contributed by atoms with van der Waals surface area (Å²) in [4.78, 5) is 61.6. The number of hydrogen-bond acceptors (Lipinski definition) is 8. The minimum Gasteiger partial charge on any atom is -0.480 e. The van der Waals surface area contributed by atoms with Gasteiger partial charge in [0.25, 0.3) is 0 Å². The number of aliphatic carboxylic acids is 1. The lowest BCUT2D eigenvalue weighted by atomic mass is 10.0. The fourth-order valence-electron chi connectivity index (χ4n) is 3.40. The highest BCUT2D eigenvalue weighted by molar-refractivity contribution is 5.94. The monoisotopic (exact) mass is 522 g/mol. The van der Waals surface area contributed by atoms with Gasteiger partial charge in [0.15, 0.2) is 0 Å². The summed E-state index contributed by atoms with van der Waals surface area (Å²) in [6, 6.07) is 3.70. The smallest absolute Gasteiger partial charge is 0.326 e. The number of hydrogen-bond donors (Lipinski definition) is 8. The second-order valence-corrected chi connectivity index (χ2v) is 8.77. The Morgan fingerprint density at radius 2 is 1.43 bits per heavy atom. The van der Waals surface area contributed by atoms with Gasteiger partial charge in [-0.3, -0.25) is 19.2 Å². The number of unbranched alkanes of at least 4 members (excludes halogenated alkanes) is 1. The van der Waals surface area contributed by atoms with Crippen LogP contribution < -0.4 is 33.2 Å². The maximum atomic E-state index is 13.2. The van der Waals surface area contributed by atoms with E-state index in [0.717, 1.165) is 0 Å². The molecule has 13 heteroatoms. The van der Waals surface area contributed by atoms with Crippen molar-refractivity contribution in [2.24, 2.45) is 17.2 Å². The van der Waals surface area contributed by atoms with E-state index in [1.54, 1.807) is 30.3 Å². The molecule has 0 heterocycles. The van der Waals surface area contributed by atoms with Crippen molar-refractivity contribution in [2.45, 2.75) is 75.7 Å². The Morgan fingerprint density at radius 3 is 1.97 bits per heavy atom. The molecule has 13 nitrogen and oxygen atoms in total. The van der Waals surface area contributed by atoms with Gasteiger partial charge in [0.2, 0.25) is 23.6 Å². The number of aliphatic hydroxyl groups excluding tert-OH is 1. The van der Waals surface area contributed by atoms with E-state index in [0.29, 0.717) is 24.9 Å². The Balaban J connectivity index is 3.10. The van der Waals surface area contributed by atoms with Gasteiger partial charge in [0.05, 0.1) is 6.10 Å². The number of carboxylic acids is 1. The fourth-order valence-corrected chi connectivity index (χ4v) is 3.40. The number of nitrogens with one attached hydrogen (secondary N) is 3. The Hall–Kier alpha value is -3.55. The van der Waals surface area contributed by atoms with Crippen LogP contribution in [0.25, 0.3) is 0 Å². The number of amides is 4. The Morgan fingerprint density at radius 1 is 0.865 bits per heavy atom. The van der Waals surface area contributed by atoms with Gasteiger partial charge >= 0.3 is 5.97 Å². The van der Waals surface area contributed by atoms with E-state index in [1.165, 1.54) is 6.92 Å². The van der Waals surface area contributed by atoms with E-state index in [1.807, 2.05) is 0 Å². The summed E-state index contributed by atoms with van der Waals surface area (Å²) in [5.74, 6) is -4.35. The second-order valence-electron chi connectivity index (χ2n) is 8.77. The molecule has 4 amide bonds. The Bertz CT molecular complexity index is 912. The largest absolute Gasteiger partial charge is 0.480 e. The number of aliphatic hydroxyl groups is 1. The predicted molar refractivity (Wildman–Crippen MR) is 135 cm³/mol. The zero-order valence-electron chi connectivity index (χ0n) is 20.9. The lowest BCUT2D eigenvalue weighted by Crippen LogP contribution is -2.58. The molecule has 0 bridgehead atoms. The average molecular weight is 523 g/mol. The number of carbonyl (C=O) groups is 5. The van der Waals surface area contributed by atoms with Crippen LogP contribution in [0.2, 0.25) is 0 Å². The number of rotatable bonds is 17. The summed E-state index contributed by atoms with van der Waals surface area (Å²) >= 11 is 0. The van der Waals surface area contributed by atoms with Gasteiger partial charge in [-0.1, -0.05) is 30.3 Å². The summed E-state index contributed by atoms with van der Waals surface area (Å²) < 4.78 is 0. The molecule has 0 aliphatic rings. The molecule has 0 radical (unpaired) electrons. The topological polar surface area (TPSA) is 240 Å². The van der Waals surface area contributed by atoms with Crippen molar-refractivity contribution in [1.82, 2.24) is 16.0 Å². The van der Waals surface area contributed by atoms with Crippen molar-refractivity contribution < 1.29 is 34.2 Å². The zero-order valence-corrected chi connectivity index (χ0v) is 20.9. The summed E-state index contributed by atoms with van der Waals surface area (Å²) in [5.41, 5.74) is 17.0. The van der Waals surface area contributed by atoms with Crippen LogP contribution in [0.5, 0.6) is 0 Å². The molecular formula is C24H38N6O7. The summed E-state index contributed by atoms with van der Waals surface area (Å²) in [6.45, 7) is 1.69. The van der Waals surface area contributed by atoms with Crippen LogP contribution in [-0.2, 0) is 30.4 Å². The van der Waals surface area contributed by atoms with Crippen molar-refractivity contribution in [3.8, 4) is 0 Å². The summed E-state index contributed by atoms with van der Waals surface area (Å²) in [6.07, 6.45) is -0.447. The fraction of sp³-hybridized carbons (Fsp3) is 0.542. The molecule has 0 aromatic heterocycles. The standard InChI is InChI=1S/C24H38N6O7/c1-14(31)20(27)23(35)30-18(13-15-7-3-2-4-8-15)22(34)28-16(10-11-19(26)32)21(33)29-17(24(36)37)9-5-6-12-25/h2-4,7-8,14,16-18,20,31H,5-6,9-13,25,27H2,1H3,(H2,26,32)(H,28,34)(H,29,33)(H,30,35)(H,36,37). The highest BCUT2D eigenvalue weighted by Crippen LogP contribution is 2.08. The van der Waals surface area contributed by atoms with E-state index >= 15 is 0 Å². The SMILES string of the molecule is CC(O)C(N)C(=O)NC(Cc1ccccc1)C(=O)NC(CCC(N)=O)C(=O)NC(CCCCN)C(=O)O. The van der Waals surface area contributed by atoms with Gasteiger partial charge in [-0.25, -0.2) is 4.79 Å². The third-order valence-corrected chi connectivity index (χ3v) is 5.61. The highest BCUT2D eigenvalue weighted by Gasteiger charge is 2.31. The number of benzene rings is 1. The first kappa shape index (κ1) is 31.5. The number of carbonyl (C=O) groups excluding carboxylic acids is 4. The predicted octanol–water partition coefficient (Wildman–Crippen LogP) is -2.13. The molecule has 5 atom stereocenters. The van der Waals surface area contributed by atoms with Gasteiger partial charge in [0, 0.05) is 12.8 Å². The Kier molecular flexibility index (Phi) is 13.8.